The summed E-state index contributed by atoms with van der Waals surface area (Å²) in [5.74, 6) is -1.84. The second-order valence-electron chi connectivity index (χ2n) is 27.6. The molecule has 5 aliphatic carbocycles. The number of carbonyl (C=O) groups is 2. The van der Waals surface area contributed by atoms with Gasteiger partial charge in [-0.15, -0.1) is 0 Å². The summed E-state index contributed by atoms with van der Waals surface area (Å²) in [6.45, 7) is 12.3. The van der Waals surface area contributed by atoms with E-state index in [4.69, 9.17) is 27.9 Å². The van der Waals surface area contributed by atoms with Crippen LogP contribution in [0.1, 0.15) is 171 Å². The summed E-state index contributed by atoms with van der Waals surface area (Å²) in [4.78, 5) is 29.5. The van der Waals surface area contributed by atoms with Crippen molar-refractivity contribution in [1.82, 2.24) is 0 Å². The third-order valence-corrected chi connectivity index (χ3v) is 24.3. The molecule has 4 saturated carbocycles. The zero-order valence-electron chi connectivity index (χ0n) is 60.2. The Morgan fingerprint density at radius 1 is 0.490 bits per heavy atom. The molecule has 102 heavy (non-hydrogen) atoms. The van der Waals surface area contributed by atoms with Gasteiger partial charge in [0.2, 0.25) is 72.8 Å². The number of hydrogen-bond acceptors (Lipinski definition) is 35. The largest absolute Gasteiger partial charge is 1.00 e. The maximum absolute atomic E-state index is 15.4. The Hall–Kier alpha value is 4.81. The van der Waals surface area contributed by atoms with Gasteiger partial charge >= 0.3 is 213 Å². The summed E-state index contributed by atoms with van der Waals surface area (Å²) in [5.41, 5.74) is -3.58. The van der Waals surface area contributed by atoms with E-state index in [9.17, 15) is 95.6 Å². The Labute approximate surface area is 753 Å². The van der Waals surface area contributed by atoms with E-state index >= 15 is 4.79 Å². The number of unbranched alkanes of at least 4 members (excludes halogenated alkanes) is 8. The minimum atomic E-state index is -6.52. The van der Waals surface area contributed by atoms with Gasteiger partial charge in [0, 0.05) is 5.92 Å². The number of fused-ring (bicyclic) bond motifs is 7. The predicted molar refractivity (Wildman–Crippen MR) is 309 cm³/mol. The molecule has 0 spiro atoms. The summed E-state index contributed by atoms with van der Waals surface area (Å²) >= 11 is 0. The van der Waals surface area contributed by atoms with Crippen LogP contribution in [0.25, 0.3) is 0 Å². The number of hydrogen-bond donors (Lipinski definition) is 0. The third-order valence-electron chi connectivity index (χ3n) is 21.2. The van der Waals surface area contributed by atoms with E-state index in [2.05, 4.69) is 52.8 Å². The molecule has 2 saturated heterocycles. The van der Waals surface area contributed by atoms with Crippen LogP contribution >= 0.6 is 0 Å². The second kappa shape index (κ2) is 41.3. The number of allylic oxidation sites excluding steroid dienone is 2. The summed E-state index contributed by atoms with van der Waals surface area (Å²) in [6.07, 6.45) is -17.2. The molecule has 0 aromatic rings. The molecule has 0 aromatic heterocycles. The van der Waals surface area contributed by atoms with E-state index in [-0.39, 0.29) is 243 Å². The van der Waals surface area contributed by atoms with Gasteiger partial charge in [0.25, 0.3) is 0 Å². The van der Waals surface area contributed by atoms with Crippen molar-refractivity contribution < 1.29 is 360 Å². The van der Waals surface area contributed by atoms with Crippen LogP contribution in [-0.2, 0) is 135 Å². The normalized spacial score (nSPS) is 35.4. The molecule has 0 unspecified atom stereocenters. The molecule has 0 bridgehead atoms. The molecular weight excluding hydrogens is 1580 g/mol. The van der Waals surface area contributed by atoms with Crippen LogP contribution < -0.4 is 207 Å². The zero-order valence-corrected chi connectivity index (χ0v) is 79.9. The Kier molecular flexibility index (Phi) is 43.2. The molecular formula is C53H81Na7O35S7. The van der Waals surface area contributed by atoms with Crippen LogP contribution in [0.2, 0.25) is 0 Å². The van der Waals surface area contributed by atoms with E-state index in [1.165, 1.54) is 32.1 Å². The van der Waals surface area contributed by atoms with Gasteiger partial charge in [0.1, 0.15) is 36.6 Å². The molecule has 7 aliphatic rings. The van der Waals surface area contributed by atoms with Crippen molar-refractivity contribution in [3.05, 3.63) is 11.6 Å². The van der Waals surface area contributed by atoms with Crippen LogP contribution in [0.5, 0.6) is 0 Å². The Morgan fingerprint density at radius 2 is 0.902 bits per heavy atom. The van der Waals surface area contributed by atoms with Gasteiger partial charge in [0.05, 0.1) is 31.3 Å². The number of carbonyl (C=O) groups excluding carboxylic acids is 2. The summed E-state index contributed by atoms with van der Waals surface area (Å²) in [5, 5.41) is 0. The third kappa shape index (κ3) is 27.7. The Balaban J connectivity index is 0.0000146. The van der Waals surface area contributed by atoms with Crippen LogP contribution in [0.4, 0.5) is 0 Å². The predicted octanol–water partition coefficient (Wildman–Crippen LogP) is -18.5. The van der Waals surface area contributed by atoms with Crippen molar-refractivity contribution in [3.8, 4) is 0 Å². The van der Waals surface area contributed by atoms with Crippen molar-refractivity contribution in [2.24, 2.45) is 50.2 Å². The van der Waals surface area contributed by atoms with Gasteiger partial charge in [-0.25, -0.2) is 58.9 Å². The first kappa shape index (κ1) is 107. The zero-order chi connectivity index (χ0) is 71.4. The van der Waals surface area contributed by atoms with E-state index < -0.39 is 192 Å². The van der Waals surface area contributed by atoms with Crippen LogP contribution in [-0.4, -0.2) is 190 Å². The average molecular weight is 1660 g/mol. The molecule has 0 radical (unpaired) electrons. The molecule has 552 valence electrons. The molecule has 35 nitrogen and oxygen atoms in total. The fourth-order valence-electron chi connectivity index (χ4n) is 16.6. The first-order chi connectivity index (χ1) is 43.3. The molecule has 2 aliphatic heterocycles. The quantitative estimate of drug-likeness (QED) is 0.0155. The van der Waals surface area contributed by atoms with Gasteiger partial charge < -0.3 is 55.6 Å². The summed E-state index contributed by atoms with van der Waals surface area (Å²) < 4.78 is 315. The van der Waals surface area contributed by atoms with E-state index in [1.807, 2.05) is 13.8 Å². The van der Waals surface area contributed by atoms with E-state index in [1.54, 1.807) is 19.9 Å². The van der Waals surface area contributed by atoms with Crippen molar-refractivity contribution in [1.29, 1.82) is 0 Å². The van der Waals surface area contributed by atoms with Crippen LogP contribution in [0, 0.1) is 50.2 Å². The topological polar surface area (TPSA) is 545 Å². The summed E-state index contributed by atoms with van der Waals surface area (Å²) in [6, 6.07) is 0. The fraction of sp³-hybridized carbons (Fsp3) is 0.925. The van der Waals surface area contributed by atoms with Crippen molar-refractivity contribution in [2.45, 2.75) is 238 Å². The molecule has 2 heterocycles. The van der Waals surface area contributed by atoms with Gasteiger partial charge in [-0.05, 0) is 116 Å². The van der Waals surface area contributed by atoms with Crippen molar-refractivity contribution >= 4 is 84.5 Å². The number of ketones is 1. The SMILES string of the molecule is CCCCCCCCCCCOC(=O)[C@@]1(C)CC[C@]2(C)CC[C@]3(C)C(=CC(=O)[C@@H]4[C@@]5(C)CC[C@H](O[C@@H]6O[C@H](COS(=O)(=O)[O-])[C@@H](O[C@@H]7O[C@H](COS(=O)(=O)[O-])[C@H](OS(=O)(=O)[O-])[C@H](OS(=O)(=O)[O-])[C@H]7OS(=O)(=O)[O-])[C@H](OS(=O)(=O)[O-])[C@H]6OS(=O)(=O)[O-])C(C)(C)[C@@H]5CC[C@]43C)[C@@H]2C1.[Na+].[Na+].[Na+].[Na+].[Na+].[Na+].[Na+]. The van der Waals surface area contributed by atoms with E-state index in [0.717, 1.165) is 37.7 Å². The van der Waals surface area contributed by atoms with Crippen LogP contribution in [0.15, 0.2) is 11.6 Å². The molecule has 6 fully saturated rings. The average Bonchev–Trinajstić information content (AvgIpc) is 0.673. The molecule has 0 amide bonds. The first-order valence-electron chi connectivity index (χ1n) is 30.7. The maximum atomic E-state index is 15.4. The Morgan fingerprint density at radius 3 is 1.36 bits per heavy atom. The molecule has 19 atom stereocenters. The Bertz CT molecular complexity index is 3680. The van der Waals surface area contributed by atoms with Gasteiger partial charge in [0.15, 0.2) is 30.6 Å². The molecule has 0 aromatic carbocycles. The fourth-order valence-corrected chi connectivity index (χ4v) is 19.6. The minimum Gasteiger partial charge on any atom is -0.726 e. The van der Waals surface area contributed by atoms with Crippen molar-refractivity contribution in [3.63, 3.8) is 0 Å². The van der Waals surface area contributed by atoms with Gasteiger partial charge in [-0.1, -0.05) is 105 Å². The first-order valence-corrected chi connectivity index (χ1v) is 40.1. The second-order valence-corrected chi connectivity index (χ2v) is 34.8. The van der Waals surface area contributed by atoms with Gasteiger partial charge in [-0.3, -0.25) is 38.9 Å². The molecule has 7 rings (SSSR count). The molecule has 0 N–H and O–H groups in total. The summed E-state index contributed by atoms with van der Waals surface area (Å²) in [7, 11) is -44.2. The monoisotopic (exact) mass is 1660 g/mol. The maximum Gasteiger partial charge on any atom is 1.00 e. The van der Waals surface area contributed by atoms with Crippen LogP contribution in [0.3, 0.4) is 0 Å². The number of ether oxygens (including phenoxy) is 5. The van der Waals surface area contributed by atoms with Gasteiger partial charge in [-0.2, -0.15) is 0 Å². The van der Waals surface area contributed by atoms with Crippen molar-refractivity contribution in [2.75, 3.05) is 19.8 Å². The minimum absolute atomic E-state index is 0. The van der Waals surface area contributed by atoms with E-state index in [0.29, 0.717) is 45.1 Å². The number of esters is 1. The molecule has 49 heteroatoms. The number of rotatable bonds is 31. The standard InChI is InChI=1S/C53H88O35S7.7Na/c1-9-10-11-12-13-14-15-16-17-26-77-47(55)50(5)23-22-49(4)24-25-52(7)31(32(49)28-50)27-33(54)44-51(6)20-19-37(48(2,3)36(51)18-21-53(44,52)8)82-45-42(87-94(71,72)73)40(85-92(65,66)67)38(34(80-45)29-78-89(56,57)58)83-46-43(88-95(74,75)76)41(86-93(68,69)70)39(84-91(62,63)64)35(81-46)30-79-90(59,60)61;;;;;;;/h27,32,34-46H,9-26,28-30H2,1-8H3,(H,56,57,58)(H,59,60,61)(H,62,63,64)(H,65,66,67)(H,68,69,70)(H,71,72,73)(H,74,75,76);;;;;;;/q;7*+1/p-7/t32-,34+,35+,36-,37-,38+,39-,40-,41-,42+,43+,44+,45-,46-,49+,50-,51-,52+,53+;;;;;;;/m0......./s1. The smallest absolute Gasteiger partial charge is 0.726 e.